The normalized spacial score (nSPS) is 12.1. The number of hydrogen-bond acceptors (Lipinski definition) is 3. The van der Waals surface area contributed by atoms with E-state index < -0.39 is 0 Å². The second-order valence-electron chi connectivity index (χ2n) is 4.08. The number of phenols is 2. The van der Waals surface area contributed by atoms with Gasteiger partial charge in [0.05, 0.1) is 11.6 Å². The van der Waals surface area contributed by atoms with Crippen LogP contribution in [0.4, 0.5) is 5.69 Å². The van der Waals surface area contributed by atoms with Crippen LogP contribution in [-0.2, 0) is 0 Å². The number of nitrogens with one attached hydrogen (secondary N) is 1. The number of hydrogen-bond donors (Lipinski definition) is 3. The lowest BCUT2D eigenvalue weighted by Gasteiger charge is -2.18. The van der Waals surface area contributed by atoms with Crippen molar-refractivity contribution in [2.75, 3.05) is 5.32 Å². The van der Waals surface area contributed by atoms with Gasteiger partial charge in [-0.1, -0.05) is 6.07 Å². The van der Waals surface area contributed by atoms with Crippen LogP contribution in [0.5, 0.6) is 11.5 Å². The standard InChI is InChI=1S/C14H14INO2/c1-9(14-12(17)3-2-4-13(14)18)16-11-7-5-10(15)6-8-11/h2-9,16-18H,1H3. The number of phenolic OH excluding ortho intramolecular Hbond substituents is 2. The van der Waals surface area contributed by atoms with Crippen LogP contribution in [0.25, 0.3) is 0 Å². The summed E-state index contributed by atoms with van der Waals surface area (Å²) in [6.07, 6.45) is 0. The lowest BCUT2D eigenvalue weighted by molar-refractivity contribution is 0.434. The van der Waals surface area contributed by atoms with Gasteiger partial charge in [0.2, 0.25) is 0 Å². The molecule has 1 atom stereocenters. The third-order valence-corrected chi connectivity index (χ3v) is 3.44. The molecule has 0 spiro atoms. The van der Waals surface area contributed by atoms with Crippen LogP contribution in [-0.4, -0.2) is 10.2 Å². The largest absolute Gasteiger partial charge is 0.507 e. The molecule has 0 fully saturated rings. The van der Waals surface area contributed by atoms with Gasteiger partial charge >= 0.3 is 0 Å². The molecule has 18 heavy (non-hydrogen) atoms. The Balaban J connectivity index is 2.22. The van der Waals surface area contributed by atoms with Crippen LogP contribution in [0, 0.1) is 3.57 Å². The highest BCUT2D eigenvalue weighted by atomic mass is 127. The van der Waals surface area contributed by atoms with Crippen LogP contribution in [0.3, 0.4) is 0 Å². The molecule has 0 bridgehead atoms. The number of halogens is 1. The molecule has 2 rings (SSSR count). The lowest BCUT2D eigenvalue weighted by atomic mass is 10.1. The molecule has 3 N–H and O–H groups in total. The summed E-state index contributed by atoms with van der Waals surface area (Å²) in [6, 6.07) is 12.5. The molecule has 0 saturated heterocycles. The number of anilines is 1. The quantitative estimate of drug-likeness (QED) is 0.733. The Hall–Kier alpha value is -1.43. The third kappa shape index (κ3) is 2.87. The van der Waals surface area contributed by atoms with E-state index in [1.165, 1.54) is 0 Å². The summed E-state index contributed by atoms with van der Waals surface area (Å²) < 4.78 is 1.16. The molecule has 2 aromatic rings. The van der Waals surface area contributed by atoms with Gasteiger partial charge in [-0.2, -0.15) is 0 Å². The summed E-state index contributed by atoms with van der Waals surface area (Å²) in [4.78, 5) is 0. The Morgan fingerprint density at radius 2 is 1.56 bits per heavy atom. The average molecular weight is 355 g/mol. The highest BCUT2D eigenvalue weighted by Crippen LogP contribution is 2.34. The Bertz CT molecular complexity index is 520. The van der Waals surface area contributed by atoms with Crippen LogP contribution < -0.4 is 5.32 Å². The molecule has 1 unspecified atom stereocenters. The molecule has 2 aromatic carbocycles. The molecule has 0 amide bonds. The van der Waals surface area contributed by atoms with Gasteiger partial charge in [-0.15, -0.1) is 0 Å². The van der Waals surface area contributed by atoms with E-state index in [0.717, 1.165) is 9.26 Å². The fourth-order valence-corrected chi connectivity index (χ4v) is 2.21. The molecule has 0 heterocycles. The molecular weight excluding hydrogens is 341 g/mol. The first-order chi connectivity index (χ1) is 8.58. The van der Waals surface area contributed by atoms with Crippen molar-refractivity contribution in [1.82, 2.24) is 0 Å². The van der Waals surface area contributed by atoms with E-state index in [0.29, 0.717) is 5.56 Å². The van der Waals surface area contributed by atoms with E-state index in [1.807, 2.05) is 31.2 Å². The SMILES string of the molecule is CC(Nc1ccc(I)cc1)c1c(O)cccc1O. The zero-order valence-electron chi connectivity index (χ0n) is 9.89. The van der Waals surface area contributed by atoms with Crippen molar-refractivity contribution in [3.8, 4) is 11.5 Å². The molecule has 0 radical (unpaired) electrons. The van der Waals surface area contributed by atoms with E-state index in [-0.39, 0.29) is 17.5 Å². The maximum atomic E-state index is 9.78. The van der Waals surface area contributed by atoms with Gasteiger partial charge in [-0.3, -0.25) is 0 Å². The molecule has 0 aliphatic rings. The molecular formula is C14H14INO2. The molecule has 0 aliphatic carbocycles. The predicted molar refractivity (Wildman–Crippen MR) is 81.0 cm³/mol. The van der Waals surface area contributed by atoms with Crippen molar-refractivity contribution in [3.63, 3.8) is 0 Å². The zero-order chi connectivity index (χ0) is 13.1. The van der Waals surface area contributed by atoms with Crippen molar-refractivity contribution in [2.45, 2.75) is 13.0 Å². The second-order valence-corrected chi connectivity index (χ2v) is 5.33. The molecule has 0 aromatic heterocycles. The fourth-order valence-electron chi connectivity index (χ4n) is 1.85. The van der Waals surface area contributed by atoms with Crippen LogP contribution >= 0.6 is 22.6 Å². The van der Waals surface area contributed by atoms with Gasteiger partial charge in [0.1, 0.15) is 11.5 Å². The van der Waals surface area contributed by atoms with E-state index in [1.54, 1.807) is 18.2 Å². The van der Waals surface area contributed by atoms with E-state index in [9.17, 15) is 10.2 Å². The molecule has 94 valence electrons. The first-order valence-electron chi connectivity index (χ1n) is 5.61. The van der Waals surface area contributed by atoms with Gasteiger partial charge in [-0.25, -0.2) is 0 Å². The summed E-state index contributed by atoms with van der Waals surface area (Å²) in [5, 5.41) is 22.8. The van der Waals surface area contributed by atoms with Crippen LogP contribution in [0.2, 0.25) is 0 Å². The first kappa shape index (κ1) is 13.0. The van der Waals surface area contributed by atoms with Crippen molar-refractivity contribution in [1.29, 1.82) is 0 Å². The Morgan fingerprint density at radius 3 is 2.11 bits per heavy atom. The lowest BCUT2D eigenvalue weighted by Crippen LogP contribution is -2.07. The van der Waals surface area contributed by atoms with Gasteiger partial charge < -0.3 is 15.5 Å². The van der Waals surface area contributed by atoms with Crippen molar-refractivity contribution in [3.05, 3.63) is 51.6 Å². The van der Waals surface area contributed by atoms with Gasteiger partial charge in [0.25, 0.3) is 0 Å². The minimum absolute atomic E-state index is 0.0977. The topological polar surface area (TPSA) is 52.5 Å². The van der Waals surface area contributed by atoms with Gasteiger partial charge in [0.15, 0.2) is 0 Å². The Morgan fingerprint density at radius 1 is 1.00 bits per heavy atom. The van der Waals surface area contributed by atoms with Crippen molar-refractivity contribution in [2.24, 2.45) is 0 Å². The summed E-state index contributed by atoms with van der Waals surface area (Å²) in [6.45, 7) is 1.90. The fraction of sp³-hybridized carbons (Fsp3) is 0.143. The maximum absolute atomic E-state index is 9.78. The Kier molecular flexibility index (Phi) is 3.96. The highest BCUT2D eigenvalue weighted by Gasteiger charge is 2.14. The summed E-state index contributed by atoms with van der Waals surface area (Å²) in [5.74, 6) is 0.195. The van der Waals surface area contributed by atoms with Crippen molar-refractivity contribution < 1.29 is 10.2 Å². The Labute approximate surface area is 120 Å². The van der Waals surface area contributed by atoms with Crippen LogP contribution in [0.15, 0.2) is 42.5 Å². The smallest absolute Gasteiger partial charge is 0.124 e. The van der Waals surface area contributed by atoms with E-state index in [4.69, 9.17) is 0 Å². The van der Waals surface area contributed by atoms with Gasteiger partial charge in [0, 0.05) is 9.26 Å². The number of aromatic hydroxyl groups is 2. The average Bonchev–Trinajstić information content (AvgIpc) is 2.32. The van der Waals surface area contributed by atoms with E-state index >= 15 is 0 Å². The third-order valence-electron chi connectivity index (χ3n) is 2.72. The molecule has 0 saturated carbocycles. The summed E-state index contributed by atoms with van der Waals surface area (Å²) in [5.41, 5.74) is 1.46. The van der Waals surface area contributed by atoms with E-state index in [2.05, 4.69) is 27.9 Å². The molecule has 0 aliphatic heterocycles. The predicted octanol–water partition coefficient (Wildman–Crippen LogP) is 3.88. The molecule has 4 heteroatoms. The van der Waals surface area contributed by atoms with Crippen molar-refractivity contribution >= 4 is 28.3 Å². The molecule has 3 nitrogen and oxygen atoms in total. The number of benzene rings is 2. The highest BCUT2D eigenvalue weighted by molar-refractivity contribution is 14.1. The first-order valence-corrected chi connectivity index (χ1v) is 6.69. The summed E-state index contributed by atoms with van der Waals surface area (Å²) in [7, 11) is 0. The maximum Gasteiger partial charge on any atom is 0.124 e. The van der Waals surface area contributed by atoms with Crippen LogP contribution in [0.1, 0.15) is 18.5 Å². The monoisotopic (exact) mass is 355 g/mol. The summed E-state index contributed by atoms with van der Waals surface area (Å²) >= 11 is 2.24. The zero-order valence-corrected chi connectivity index (χ0v) is 12.0. The number of rotatable bonds is 3. The minimum Gasteiger partial charge on any atom is -0.507 e. The van der Waals surface area contributed by atoms with Gasteiger partial charge in [-0.05, 0) is 65.9 Å². The minimum atomic E-state index is -0.175. The second kappa shape index (κ2) is 5.48.